The Morgan fingerprint density at radius 1 is 1.18 bits per heavy atom. The van der Waals surface area contributed by atoms with Crippen molar-refractivity contribution in [2.24, 2.45) is 5.92 Å². The Labute approximate surface area is 225 Å². The first-order chi connectivity index (χ1) is 19.1. The molecule has 3 N–H and O–H groups in total. The Kier molecular flexibility index (Phi) is 6.27. The van der Waals surface area contributed by atoms with E-state index in [0.717, 1.165) is 12.8 Å². The van der Waals surface area contributed by atoms with E-state index in [2.05, 4.69) is 10.3 Å². The zero-order valence-electron chi connectivity index (χ0n) is 21.2. The molecule has 2 aliphatic rings. The molecule has 2 aromatic heterocycles. The van der Waals surface area contributed by atoms with Crippen molar-refractivity contribution in [1.29, 1.82) is 0 Å². The second-order valence-electron chi connectivity index (χ2n) is 9.96. The Bertz CT molecular complexity index is 1600. The number of alkyl halides is 3. The molecule has 208 valence electrons. The largest absolute Gasteiger partial charge is 0.494 e. The first-order valence-electron chi connectivity index (χ1n) is 12.6. The van der Waals surface area contributed by atoms with Gasteiger partial charge in [-0.15, -0.1) is 0 Å². The van der Waals surface area contributed by atoms with Gasteiger partial charge in [0.25, 0.3) is 11.9 Å². The van der Waals surface area contributed by atoms with Crippen molar-refractivity contribution in [3.8, 4) is 22.8 Å². The summed E-state index contributed by atoms with van der Waals surface area (Å²) >= 11 is 0. The fourth-order valence-electron chi connectivity index (χ4n) is 5.12. The number of carbonyl (C=O) groups excluding carboxylic acids is 1. The number of ether oxygens (including phenoxy) is 2. The Morgan fingerprint density at radius 2 is 1.93 bits per heavy atom. The maximum atomic E-state index is 13.9. The number of methoxy groups -OCH3 is 1. The van der Waals surface area contributed by atoms with Crippen LogP contribution in [0.25, 0.3) is 22.4 Å². The molecule has 6 rings (SSSR count). The Morgan fingerprint density at radius 3 is 2.60 bits per heavy atom. The van der Waals surface area contributed by atoms with Crippen LogP contribution in [0.5, 0.6) is 11.5 Å². The summed E-state index contributed by atoms with van der Waals surface area (Å²) in [4.78, 5) is 21.9. The van der Waals surface area contributed by atoms with E-state index < -0.39 is 30.4 Å². The molecule has 40 heavy (non-hydrogen) atoms. The van der Waals surface area contributed by atoms with E-state index in [-0.39, 0.29) is 52.5 Å². The summed E-state index contributed by atoms with van der Waals surface area (Å²) in [6.45, 7) is -0.423. The van der Waals surface area contributed by atoms with Crippen molar-refractivity contribution in [2.75, 3.05) is 26.0 Å². The molecule has 1 aliphatic heterocycles. The predicted octanol–water partition coefficient (Wildman–Crippen LogP) is 5.58. The lowest BCUT2D eigenvalue weighted by Crippen LogP contribution is -2.30. The Hall–Kier alpha value is -4.35. The lowest BCUT2D eigenvalue weighted by atomic mass is 9.92. The number of amides is 1. The molecule has 0 saturated heterocycles. The molecule has 1 amide bonds. The number of nitrogens with two attached hydrogens (primary N) is 1. The van der Waals surface area contributed by atoms with Gasteiger partial charge in [0.2, 0.25) is 0 Å². The van der Waals surface area contributed by atoms with Crippen LogP contribution >= 0.6 is 0 Å². The second kappa shape index (κ2) is 9.68. The number of anilines is 1. The lowest BCUT2D eigenvalue weighted by molar-refractivity contribution is -0.151. The number of hydrogen-bond acceptors (Lipinski definition) is 7. The number of carbonyl (C=O) groups is 1. The Balaban J connectivity index is 1.34. The zero-order valence-corrected chi connectivity index (χ0v) is 21.2. The molecule has 4 aromatic rings. The van der Waals surface area contributed by atoms with Gasteiger partial charge in [-0.3, -0.25) is 4.79 Å². The van der Waals surface area contributed by atoms with E-state index >= 15 is 0 Å². The molecule has 0 radical (unpaired) electrons. The summed E-state index contributed by atoms with van der Waals surface area (Å²) in [6, 6.07) is 9.73. The van der Waals surface area contributed by atoms with Crippen molar-refractivity contribution >= 4 is 23.0 Å². The third-order valence-corrected chi connectivity index (χ3v) is 7.32. The number of hydrogen-bond donors (Lipinski definition) is 2. The number of aromatic nitrogens is 2. The van der Waals surface area contributed by atoms with Gasteiger partial charge in [-0.05, 0) is 61.2 Å². The van der Waals surface area contributed by atoms with Crippen LogP contribution < -0.4 is 20.5 Å². The highest BCUT2D eigenvalue weighted by Gasteiger charge is 2.47. The van der Waals surface area contributed by atoms with Crippen molar-refractivity contribution in [3.05, 3.63) is 65.1 Å². The second-order valence-corrected chi connectivity index (χ2v) is 9.96. The molecule has 12 heteroatoms. The summed E-state index contributed by atoms with van der Waals surface area (Å²) in [5.74, 6) is -2.60. The van der Waals surface area contributed by atoms with Crippen molar-refractivity contribution < 1.29 is 36.2 Å². The molecule has 3 heterocycles. The van der Waals surface area contributed by atoms with Crippen molar-refractivity contribution in [1.82, 2.24) is 15.3 Å². The fraction of sp³-hybridized carbons (Fsp3) is 0.321. The van der Waals surface area contributed by atoms with Gasteiger partial charge in [0.1, 0.15) is 35.5 Å². The minimum absolute atomic E-state index is 0.00750. The predicted molar refractivity (Wildman–Crippen MR) is 137 cm³/mol. The van der Waals surface area contributed by atoms with E-state index in [1.54, 1.807) is 0 Å². The number of nitrogens with one attached hydrogen (secondary N) is 1. The number of nitrogens with zero attached hydrogens (tertiary/aromatic N) is 2. The molecule has 1 aliphatic carbocycles. The van der Waals surface area contributed by atoms with Crippen LogP contribution in [0.3, 0.4) is 0 Å². The molecule has 0 spiro atoms. The van der Waals surface area contributed by atoms with Crippen LogP contribution in [0, 0.1) is 11.7 Å². The zero-order chi connectivity index (χ0) is 28.2. The first-order valence-corrected chi connectivity index (χ1v) is 12.6. The van der Waals surface area contributed by atoms with Gasteiger partial charge in [0, 0.05) is 34.8 Å². The third kappa shape index (κ3) is 4.78. The number of rotatable bonds is 7. The van der Waals surface area contributed by atoms with Crippen molar-refractivity contribution in [3.63, 3.8) is 0 Å². The normalized spacial score (nSPS) is 17.4. The molecule has 8 nitrogen and oxygen atoms in total. The minimum Gasteiger partial charge on any atom is -0.494 e. The molecular weight excluding hydrogens is 532 g/mol. The first kappa shape index (κ1) is 25.9. The number of oxazole rings is 1. The van der Waals surface area contributed by atoms with Gasteiger partial charge in [-0.1, -0.05) is 0 Å². The van der Waals surface area contributed by atoms with Gasteiger partial charge >= 0.3 is 6.18 Å². The number of fused-ring (bicyclic) bond motifs is 2. The third-order valence-electron chi connectivity index (χ3n) is 7.32. The summed E-state index contributed by atoms with van der Waals surface area (Å²) in [5, 5.41) is 2.89. The molecule has 1 unspecified atom stereocenters. The van der Waals surface area contributed by atoms with Crippen LogP contribution in [0.2, 0.25) is 0 Å². The monoisotopic (exact) mass is 556 g/mol. The molecule has 1 saturated carbocycles. The molecule has 2 atom stereocenters. The van der Waals surface area contributed by atoms with E-state index in [4.69, 9.17) is 24.6 Å². The quantitative estimate of drug-likeness (QED) is 0.286. The van der Waals surface area contributed by atoms with Gasteiger partial charge < -0.3 is 24.9 Å². The van der Waals surface area contributed by atoms with Gasteiger partial charge in [0.15, 0.2) is 11.1 Å². The number of nitrogen functional groups attached to an aromatic ring is 1. The average molecular weight is 557 g/mol. The highest BCUT2D eigenvalue weighted by Crippen LogP contribution is 2.50. The standard InChI is InChI=1S/C28H24F4N4O4/c1-38-21-8-15(9-22-24(21)36-27(33)40-22)26(37)34-11-18(13-2-3-13)20-10-17-19(28(30,31)32)12-39-25(17)23(35-20)14-4-6-16(29)7-5-14/h4-10,13,18-19H,2-3,11-12H2,1H3,(H2,33,36)(H,34,37)/t18-,19?/m0/s1. The van der Waals surface area contributed by atoms with E-state index in [1.165, 1.54) is 49.6 Å². The van der Waals surface area contributed by atoms with E-state index in [9.17, 15) is 22.4 Å². The highest BCUT2D eigenvalue weighted by atomic mass is 19.4. The van der Waals surface area contributed by atoms with Crippen LogP contribution in [0.4, 0.5) is 23.6 Å². The molecule has 2 aromatic carbocycles. The number of halogens is 4. The van der Waals surface area contributed by atoms with E-state index in [0.29, 0.717) is 22.5 Å². The lowest BCUT2D eigenvalue weighted by Gasteiger charge is -2.20. The molecular formula is C28H24F4N4O4. The minimum atomic E-state index is -4.52. The van der Waals surface area contributed by atoms with Crippen LogP contribution in [0.15, 0.2) is 46.9 Å². The topological polar surface area (TPSA) is 112 Å². The van der Waals surface area contributed by atoms with Crippen molar-refractivity contribution in [2.45, 2.75) is 30.9 Å². The number of benzene rings is 2. The van der Waals surface area contributed by atoms with Crippen LogP contribution in [0.1, 0.15) is 46.3 Å². The average Bonchev–Trinajstić information content (AvgIpc) is 3.53. The SMILES string of the molecule is COc1cc(C(=O)NC[C@H](c2cc3c(c(-c4ccc(F)cc4)n2)OCC3C(F)(F)F)C2CC2)cc2oc(N)nc12. The summed E-state index contributed by atoms with van der Waals surface area (Å²) in [7, 11) is 1.43. The summed E-state index contributed by atoms with van der Waals surface area (Å²) in [5.41, 5.74) is 7.61. The molecule has 1 fully saturated rings. The van der Waals surface area contributed by atoms with Gasteiger partial charge in [0.05, 0.1) is 7.11 Å². The van der Waals surface area contributed by atoms with Crippen LogP contribution in [-0.4, -0.2) is 42.3 Å². The summed E-state index contributed by atoms with van der Waals surface area (Å²) in [6.07, 6.45) is -2.82. The smallest absolute Gasteiger partial charge is 0.399 e. The maximum absolute atomic E-state index is 13.9. The van der Waals surface area contributed by atoms with E-state index in [1.807, 2.05) is 0 Å². The fourth-order valence-corrected chi connectivity index (χ4v) is 5.12. The highest BCUT2D eigenvalue weighted by molar-refractivity contribution is 5.99. The van der Waals surface area contributed by atoms with Gasteiger partial charge in [-0.2, -0.15) is 18.2 Å². The van der Waals surface area contributed by atoms with Crippen LogP contribution in [-0.2, 0) is 0 Å². The number of pyridine rings is 1. The van der Waals surface area contributed by atoms with Gasteiger partial charge in [-0.25, -0.2) is 9.37 Å². The molecule has 0 bridgehead atoms. The summed E-state index contributed by atoms with van der Waals surface area (Å²) < 4.78 is 71.5. The maximum Gasteiger partial charge on any atom is 0.399 e.